The summed E-state index contributed by atoms with van der Waals surface area (Å²) >= 11 is 0. The van der Waals surface area contributed by atoms with Crippen molar-refractivity contribution in [2.24, 2.45) is 7.05 Å². The molecular weight excluding hydrogens is 346 g/mol. The topological polar surface area (TPSA) is 80.6 Å². The molecule has 7 nitrogen and oxygen atoms in total. The summed E-state index contributed by atoms with van der Waals surface area (Å²) in [5, 5.41) is 2.65. The van der Waals surface area contributed by atoms with E-state index < -0.39 is 0 Å². The molecular formula is C20H23N3O4. The van der Waals surface area contributed by atoms with Crippen molar-refractivity contribution in [3.63, 3.8) is 0 Å². The van der Waals surface area contributed by atoms with E-state index in [9.17, 15) is 14.4 Å². The summed E-state index contributed by atoms with van der Waals surface area (Å²) in [4.78, 5) is 38.9. The lowest BCUT2D eigenvalue weighted by Gasteiger charge is -2.27. The minimum absolute atomic E-state index is 0.120. The molecule has 1 N–H and O–H groups in total. The van der Waals surface area contributed by atoms with Crippen molar-refractivity contribution in [2.75, 3.05) is 31.6 Å². The molecule has 0 aliphatic carbocycles. The zero-order chi connectivity index (χ0) is 19.2. The lowest BCUT2D eigenvalue weighted by molar-refractivity contribution is -0.116. The summed E-state index contributed by atoms with van der Waals surface area (Å²) in [6, 6.07) is 11.1. The maximum absolute atomic E-state index is 12.7. The Bertz CT molecular complexity index is 871. The Kier molecular flexibility index (Phi) is 6.03. The monoisotopic (exact) mass is 369 g/mol. The van der Waals surface area contributed by atoms with Crippen LogP contribution >= 0.6 is 0 Å². The number of rotatable bonds is 5. The zero-order valence-corrected chi connectivity index (χ0v) is 15.3. The van der Waals surface area contributed by atoms with Crippen LogP contribution in [0.15, 0.2) is 47.4 Å². The highest BCUT2D eigenvalue weighted by Crippen LogP contribution is 2.11. The highest BCUT2D eigenvalue weighted by atomic mass is 16.5. The molecule has 1 aliphatic rings. The van der Waals surface area contributed by atoms with Crippen LogP contribution in [0.4, 0.5) is 5.69 Å². The van der Waals surface area contributed by atoms with Crippen LogP contribution in [0.25, 0.3) is 0 Å². The molecule has 0 bridgehead atoms. The molecule has 142 valence electrons. The largest absolute Gasteiger partial charge is 0.378 e. The van der Waals surface area contributed by atoms with Gasteiger partial charge in [0.2, 0.25) is 5.91 Å². The maximum atomic E-state index is 12.7. The van der Waals surface area contributed by atoms with Crippen LogP contribution in [0.1, 0.15) is 22.3 Å². The van der Waals surface area contributed by atoms with Gasteiger partial charge in [0, 0.05) is 32.8 Å². The Morgan fingerprint density at radius 1 is 1.15 bits per heavy atom. The molecule has 1 aliphatic heterocycles. The summed E-state index contributed by atoms with van der Waals surface area (Å²) < 4.78 is 6.58. The van der Waals surface area contributed by atoms with Gasteiger partial charge in [-0.2, -0.15) is 0 Å². The van der Waals surface area contributed by atoms with Gasteiger partial charge in [0.05, 0.1) is 18.8 Å². The second kappa shape index (κ2) is 8.64. The molecule has 27 heavy (non-hydrogen) atoms. The summed E-state index contributed by atoms with van der Waals surface area (Å²) in [7, 11) is 1.57. The van der Waals surface area contributed by atoms with E-state index in [1.165, 1.54) is 16.8 Å². The lowest BCUT2D eigenvalue weighted by Crippen LogP contribution is -2.41. The van der Waals surface area contributed by atoms with Gasteiger partial charge in [0.1, 0.15) is 5.69 Å². The van der Waals surface area contributed by atoms with E-state index in [1.807, 2.05) is 30.3 Å². The summed E-state index contributed by atoms with van der Waals surface area (Å²) in [5.74, 6) is -0.430. The number of benzene rings is 1. The van der Waals surface area contributed by atoms with Crippen LogP contribution in [0.3, 0.4) is 0 Å². The molecule has 3 rings (SSSR count). The van der Waals surface area contributed by atoms with Gasteiger partial charge in [-0.05, 0) is 18.1 Å². The van der Waals surface area contributed by atoms with Crippen molar-refractivity contribution in [3.05, 3.63) is 64.1 Å². The average molecular weight is 369 g/mol. The molecule has 1 aromatic carbocycles. The average Bonchev–Trinajstić information content (AvgIpc) is 2.70. The Morgan fingerprint density at radius 3 is 2.56 bits per heavy atom. The Hall–Kier alpha value is -2.93. The van der Waals surface area contributed by atoms with E-state index in [0.717, 1.165) is 5.56 Å². The predicted molar refractivity (Wildman–Crippen MR) is 102 cm³/mol. The number of pyridine rings is 1. The molecule has 2 amide bonds. The van der Waals surface area contributed by atoms with E-state index >= 15 is 0 Å². The first-order chi connectivity index (χ1) is 13.0. The minimum atomic E-state index is -0.346. The Balaban J connectivity index is 1.70. The van der Waals surface area contributed by atoms with Crippen molar-refractivity contribution in [1.82, 2.24) is 9.47 Å². The third-order valence-electron chi connectivity index (χ3n) is 4.49. The molecule has 2 heterocycles. The van der Waals surface area contributed by atoms with Gasteiger partial charge in [-0.1, -0.05) is 30.3 Å². The number of ether oxygens (including phenoxy) is 1. The molecule has 1 saturated heterocycles. The van der Waals surface area contributed by atoms with Crippen LogP contribution in [-0.2, 0) is 23.0 Å². The second-order valence-electron chi connectivity index (χ2n) is 6.50. The highest BCUT2D eigenvalue weighted by Gasteiger charge is 2.20. The number of morpholine rings is 1. The highest BCUT2D eigenvalue weighted by molar-refractivity contribution is 5.96. The van der Waals surface area contributed by atoms with Crippen molar-refractivity contribution in [3.8, 4) is 0 Å². The van der Waals surface area contributed by atoms with E-state index in [1.54, 1.807) is 11.9 Å². The third-order valence-corrected chi connectivity index (χ3v) is 4.49. The summed E-state index contributed by atoms with van der Waals surface area (Å²) in [5.41, 5.74) is 1.20. The van der Waals surface area contributed by atoms with E-state index in [4.69, 9.17) is 4.74 Å². The van der Waals surface area contributed by atoms with Gasteiger partial charge in [-0.3, -0.25) is 14.4 Å². The summed E-state index contributed by atoms with van der Waals surface area (Å²) in [6.07, 6.45) is 2.34. The number of anilines is 1. The van der Waals surface area contributed by atoms with Crippen LogP contribution in [0.5, 0.6) is 0 Å². The molecule has 7 heteroatoms. The van der Waals surface area contributed by atoms with Crippen LogP contribution in [-0.4, -0.2) is 47.6 Å². The number of nitrogens with one attached hydrogen (secondary N) is 1. The summed E-state index contributed by atoms with van der Waals surface area (Å²) in [6.45, 7) is 2.03. The Morgan fingerprint density at radius 2 is 1.85 bits per heavy atom. The molecule has 0 saturated carbocycles. The number of carbonyl (C=O) groups is 2. The fourth-order valence-electron chi connectivity index (χ4n) is 2.98. The molecule has 1 aromatic heterocycles. The van der Waals surface area contributed by atoms with Crippen molar-refractivity contribution < 1.29 is 14.3 Å². The van der Waals surface area contributed by atoms with Gasteiger partial charge in [0.15, 0.2) is 0 Å². The van der Waals surface area contributed by atoms with Gasteiger partial charge in [-0.15, -0.1) is 0 Å². The smallest absolute Gasteiger partial charge is 0.274 e. The van der Waals surface area contributed by atoms with E-state index in [0.29, 0.717) is 38.3 Å². The molecule has 0 atom stereocenters. The number of nitrogens with zero attached hydrogens (tertiary/aromatic N) is 2. The van der Waals surface area contributed by atoms with Crippen molar-refractivity contribution in [1.29, 1.82) is 0 Å². The number of carbonyl (C=O) groups excluding carboxylic acids is 2. The molecule has 0 radical (unpaired) electrons. The second-order valence-corrected chi connectivity index (χ2v) is 6.50. The Labute approximate surface area is 157 Å². The molecule has 0 spiro atoms. The first-order valence-corrected chi connectivity index (χ1v) is 8.96. The molecule has 1 fully saturated rings. The van der Waals surface area contributed by atoms with E-state index in [-0.39, 0.29) is 29.5 Å². The number of aryl methyl sites for hydroxylation is 2. The zero-order valence-electron chi connectivity index (χ0n) is 15.3. The SMILES string of the molecule is Cn1cc(C(=O)N2CCOCC2)cc(NC(=O)CCc2ccccc2)c1=O. The van der Waals surface area contributed by atoms with Gasteiger partial charge < -0.3 is 19.5 Å². The van der Waals surface area contributed by atoms with Crippen molar-refractivity contribution in [2.45, 2.75) is 12.8 Å². The fourth-order valence-corrected chi connectivity index (χ4v) is 2.98. The van der Waals surface area contributed by atoms with Gasteiger partial charge in [-0.25, -0.2) is 0 Å². The predicted octanol–water partition coefficient (Wildman–Crippen LogP) is 1.43. The first-order valence-electron chi connectivity index (χ1n) is 8.96. The van der Waals surface area contributed by atoms with Crippen molar-refractivity contribution >= 4 is 17.5 Å². The molecule has 0 unspecified atom stereocenters. The minimum Gasteiger partial charge on any atom is -0.378 e. The number of aromatic nitrogens is 1. The first kappa shape index (κ1) is 18.8. The van der Waals surface area contributed by atoms with Crippen LogP contribution < -0.4 is 10.9 Å². The number of hydrogen-bond acceptors (Lipinski definition) is 4. The van der Waals surface area contributed by atoms with Gasteiger partial charge in [0.25, 0.3) is 11.5 Å². The lowest BCUT2D eigenvalue weighted by atomic mass is 10.1. The molecule has 2 aromatic rings. The fraction of sp³-hybridized carbons (Fsp3) is 0.350. The number of amides is 2. The third kappa shape index (κ3) is 4.83. The normalized spacial score (nSPS) is 14.0. The van der Waals surface area contributed by atoms with E-state index in [2.05, 4.69) is 5.32 Å². The van der Waals surface area contributed by atoms with Crippen LogP contribution in [0.2, 0.25) is 0 Å². The van der Waals surface area contributed by atoms with Gasteiger partial charge >= 0.3 is 0 Å². The van der Waals surface area contributed by atoms with Crippen LogP contribution in [0, 0.1) is 0 Å². The number of hydrogen-bond donors (Lipinski definition) is 1. The maximum Gasteiger partial charge on any atom is 0.274 e. The quantitative estimate of drug-likeness (QED) is 0.865. The standard InChI is InChI=1S/C20H23N3O4/c1-22-14-16(19(25)23-9-11-27-12-10-23)13-17(20(22)26)21-18(24)8-7-15-5-3-2-4-6-15/h2-6,13-14H,7-12H2,1H3,(H,21,24).